The second-order valence-electron chi connectivity index (χ2n) is 6.68. The number of imide groups is 1. The van der Waals surface area contributed by atoms with Gasteiger partial charge in [0.05, 0.1) is 35.2 Å². The van der Waals surface area contributed by atoms with Gasteiger partial charge in [-0.2, -0.15) is 0 Å². The average molecular weight is 415 g/mol. The highest BCUT2D eigenvalue weighted by molar-refractivity contribution is 6.20. The monoisotopic (exact) mass is 415 g/mol. The summed E-state index contributed by atoms with van der Waals surface area (Å²) in [5.74, 6) is -2.04. The number of nitrogens with zero attached hydrogens (tertiary/aromatic N) is 1. The normalized spacial score (nSPS) is 18.8. The number of anilines is 1. The Morgan fingerprint density at radius 2 is 1.80 bits per heavy atom. The molecule has 2 aliphatic rings. The number of hydrogen-bond donors (Lipinski definition) is 2. The van der Waals surface area contributed by atoms with Gasteiger partial charge in [-0.25, -0.2) is 14.4 Å². The Morgan fingerprint density at radius 3 is 2.47 bits per heavy atom. The SMILES string of the molecule is CCOC(=O)C1=C(COC(=O)c2cccc(N3C(=O)CCC3=O)c2)NC(=O)NC1C. The summed E-state index contributed by atoms with van der Waals surface area (Å²) in [5, 5.41) is 5.01. The molecule has 1 fully saturated rings. The molecule has 1 saturated heterocycles. The van der Waals surface area contributed by atoms with Crippen molar-refractivity contribution in [2.75, 3.05) is 18.1 Å². The van der Waals surface area contributed by atoms with Crippen LogP contribution in [0.15, 0.2) is 35.5 Å². The van der Waals surface area contributed by atoms with E-state index in [9.17, 15) is 24.0 Å². The van der Waals surface area contributed by atoms with E-state index in [1.807, 2.05) is 0 Å². The second-order valence-corrected chi connectivity index (χ2v) is 6.68. The molecular weight excluding hydrogens is 394 g/mol. The number of ether oxygens (including phenoxy) is 2. The molecule has 4 amide bonds. The van der Waals surface area contributed by atoms with Crippen LogP contribution in [0.1, 0.15) is 37.0 Å². The third-order valence-electron chi connectivity index (χ3n) is 4.60. The van der Waals surface area contributed by atoms with Crippen LogP contribution < -0.4 is 15.5 Å². The number of esters is 2. The van der Waals surface area contributed by atoms with E-state index in [1.165, 1.54) is 18.2 Å². The Balaban J connectivity index is 1.77. The third-order valence-corrected chi connectivity index (χ3v) is 4.60. The zero-order chi connectivity index (χ0) is 21.8. The van der Waals surface area contributed by atoms with Gasteiger partial charge in [-0.05, 0) is 32.0 Å². The molecule has 2 heterocycles. The molecule has 2 aliphatic heterocycles. The Kier molecular flexibility index (Phi) is 6.14. The van der Waals surface area contributed by atoms with E-state index in [0.29, 0.717) is 0 Å². The first-order chi connectivity index (χ1) is 14.3. The molecule has 30 heavy (non-hydrogen) atoms. The number of urea groups is 1. The van der Waals surface area contributed by atoms with Crippen molar-refractivity contribution in [2.45, 2.75) is 32.7 Å². The zero-order valence-corrected chi connectivity index (χ0v) is 16.5. The Labute approximate surface area is 172 Å². The summed E-state index contributed by atoms with van der Waals surface area (Å²) in [5.41, 5.74) is 0.684. The quantitative estimate of drug-likeness (QED) is 0.524. The highest BCUT2D eigenvalue weighted by Gasteiger charge is 2.32. The number of carbonyl (C=O) groups is 5. The predicted molar refractivity (Wildman–Crippen MR) is 103 cm³/mol. The Bertz CT molecular complexity index is 937. The summed E-state index contributed by atoms with van der Waals surface area (Å²) >= 11 is 0. The highest BCUT2D eigenvalue weighted by Crippen LogP contribution is 2.24. The predicted octanol–water partition coefficient (Wildman–Crippen LogP) is 1.02. The first-order valence-electron chi connectivity index (χ1n) is 9.42. The molecule has 2 N–H and O–H groups in total. The average Bonchev–Trinajstić information content (AvgIpc) is 3.04. The fourth-order valence-corrected chi connectivity index (χ4v) is 3.25. The summed E-state index contributed by atoms with van der Waals surface area (Å²) in [6.45, 7) is 3.05. The summed E-state index contributed by atoms with van der Waals surface area (Å²) < 4.78 is 10.3. The Hall–Kier alpha value is -3.69. The molecule has 10 heteroatoms. The molecule has 1 unspecified atom stereocenters. The van der Waals surface area contributed by atoms with Crippen molar-refractivity contribution in [2.24, 2.45) is 0 Å². The van der Waals surface area contributed by atoms with E-state index in [2.05, 4.69) is 10.6 Å². The molecular formula is C20H21N3O7. The van der Waals surface area contributed by atoms with Crippen molar-refractivity contribution < 1.29 is 33.4 Å². The van der Waals surface area contributed by atoms with E-state index in [4.69, 9.17) is 9.47 Å². The van der Waals surface area contributed by atoms with E-state index in [1.54, 1.807) is 19.9 Å². The maximum absolute atomic E-state index is 12.5. The van der Waals surface area contributed by atoms with Gasteiger partial charge in [-0.3, -0.25) is 14.5 Å². The third kappa shape index (κ3) is 4.32. The van der Waals surface area contributed by atoms with Crippen LogP contribution in [-0.4, -0.2) is 49.0 Å². The van der Waals surface area contributed by atoms with Crippen LogP contribution in [-0.2, 0) is 23.9 Å². The number of hydrogen-bond acceptors (Lipinski definition) is 7. The van der Waals surface area contributed by atoms with Crippen molar-refractivity contribution in [3.8, 4) is 0 Å². The van der Waals surface area contributed by atoms with Crippen LogP contribution in [0, 0.1) is 0 Å². The van der Waals surface area contributed by atoms with Gasteiger partial charge < -0.3 is 20.1 Å². The lowest BCUT2D eigenvalue weighted by Gasteiger charge is -2.26. The van der Waals surface area contributed by atoms with Crippen LogP contribution >= 0.6 is 0 Å². The molecule has 10 nitrogen and oxygen atoms in total. The van der Waals surface area contributed by atoms with Gasteiger partial charge in [0, 0.05) is 12.8 Å². The number of amides is 4. The highest BCUT2D eigenvalue weighted by atomic mass is 16.5. The van der Waals surface area contributed by atoms with Crippen LogP contribution in [0.5, 0.6) is 0 Å². The maximum Gasteiger partial charge on any atom is 0.338 e. The summed E-state index contributed by atoms with van der Waals surface area (Å²) in [4.78, 5) is 61.3. The van der Waals surface area contributed by atoms with Crippen LogP contribution in [0.2, 0.25) is 0 Å². The molecule has 1 aromatic carbocycles. The fourth-order valence-electron chi connectivity index (χ4n) is 3.25. The number of rotatable bonds is 6. The topological polar surface area (TPSA) is 131 Å². The molecule has 3 rings (SSSR count). The molecule has 1 atom stereocenters. The minimum Gasteiger partial charge on any atom is -0.463 e. The standard InChI is InChI=1S/C20H21N3O7/c1-3-29-19(27)17-11(2)21-20(28)22-14(17)10-30-18(26)12-5-4-6-13(9-12)23-15(24)7-8-16(23)25/h4-6,9,11H,3,7-8,10H2,1-2H3,(H2,21,22,28). The minimum absolute atomic E-state index is 0.117. The van der Waals surface area contributed by atoms with Gasteiger partial charge >= 0.3 is 18.0 Å². The molecule has 0 aliphatic carbocycles. The van der Waals surface area contributed by atoms with Crippen LogP contribution in [0.25, 0.3) is 0 Å². The molecule has 0 radical (unpaired) electrons. The molecule has 1 aromatic rings. The molecule has 158 valence electrons. The molecule has 0 saturated carbocycles. The first-order valence-corrected chi connectivity index (χ1v) is 9.42. The van der Waals surface area contributed by atoms with E-state index >= 15 is 0 Å². The van der Waals surface area contributed by atoms with Crippen molar-refractivity contribution in [1.82, 2.24) is 10.6 Å². The van der Waals surface area contributed by atoms with Crippen molar-refractivity contribution in [1.29, 1.82) is 0 Å². The number of carbonyl (C=O) groups excluding carboxylic acids is 5. The van der Waals surface area contributed by atoms with E-state index in [0.717, 1.165) is 4.90 Å². The fraction of sp³-hybridized carbons (Fsp3) is 0.350. The minimum atomic E-state index is -0.743. The van der Waals surface area contributed by atoms with Gasteiger partial charge in [0.2, 0.25) is 11.8 Å². The second kappa shape index (κ2) is 8.76. The summed E-state index contributed by atoms with van der Waals surface area (Å²) in [7, 11) is 0. The van der Waals surface area contributed by atoms with Crippen molar-refractivity contribution >= 4 is 35.5 Å². The van der Waals surface area contributed by atoms with Gasteiger partial charge in [-0.15, -0.1) is 0 Å². The first kappa shape index (κ1) is 21.0. The molecule has 0 bridgehead atoms. The van der Waals surface area contributed by atoms with Crippen LogP contribution in [0.4, 0.5) is 10.5 Å². The van der Waals surface area contributed by atoms with Crippen molar-refractivity contribution in [3.05, 3.63) is 41.1 Å². The maximum atomic E-state index is 12.5. The largest absolute Gasteiger partial charge is 0.463 e. The lowest BCUT2D eigenvalue weighted by atomic mass is 10.0. The van der Waals surface area contributed by atoms with Gasteiger partial charge in [0.1, 0.15) is 6.61 Å². The smallest absolute Gasteiger partial charge is 0.338 e. The number of benzene rings is 1. The zero-order valence-electron chi connectivity index (χ0n) is 16.5. The summed E-state index contributed by atoms with van der Waals surface area (Å²) in [6, 6.07) is 4.78. The lowest BCUT2D eigenvalue weighted by molar-refractivity contribution is -0.139. The van der Waals surface area contributed by atoms with Gasteiger partial charge in [-0.1, -0.05) is 6.07 Å². The number of nitrogens with one attached hydrogen (secondary N) is 2. The lowest BCUT2D eigenvalue weighted by Crippen LogP contribution is -2.50. The van der Waals surface area contributed by atoms with Gasteiger partial charge in [0.15, 0.2) is 0 Å². The summed E-state index contributed by atoms with van der Waals surface area (Å²) in [6.07, 6.45) is 0.258. The van der Waals surface area contributed by atoms with E-state index in [-0.39, 0.29) is 60.4 Å². The van der Waals surface area contributed by atoms with E-state index < -0.39 is 24.0 Å². The Morgan fingerprint density at radius 1 is 1.10 bits per heavy atom. The molecule has 0 aromatic heterocycles. The van der Waals surface area contributed by atoms with Crippen molar-refractivity contribution in [3.63, 3.8) is 0 Å². The van der Waals surface area contributed by atoms with Crippen LogP contribution in [0.3, 0.4) is 0 Å². The molecule has 0 spiro atoms. The van der Waals surface area contributed by atoms with Gasteiger partial charge in [0.25, 0.3) is 0 Å².